The van der Waals surface area contributed by atoms with E-state index in [-0.39, 0.29) is 5.11 Å². The van der Waals surface area contributed by atoms with Crippen LogP contribution in [0.5, 0.6) is 0 Å². The summed E-state index contributed by atoms with van der Waals surface area (Å²) in [5.74, 6) is 0. The highest BCUT2D eigenvalue weighted by atomic mass is 32.1. The summed E-state index contributed by atoms with van der Waals surface area (Å²) in [5.41, 5.74) is 10.0. The van der Waals surface area contributed by atoms with Crippen molar-refractivity contribution in [2.45, 2.75) is 0 Å². The minimum Gasteiger partial charge on any atom is -0.375 e. The van der Waals surface area contributed by atoms with Gasteiger partial charge in [-0.05, 0) is 18.3 Å². The number of aryl methyl sites for hydroxylation is 1. The molecule has 1 aromatic heterocycles. The smallest absolute Gasteiger partial charge is 0.184 e. The highest BCUT2D eigenvalue weighted by Crippen LogP contribution is 2.18. The number of nitrogens with two attached hydrogens (primary N) is 1. The van der Waals surface area contributed by atoms with E-state index in [9.17, 15) is 0 Å². The van der Waals surface area contributed by atoms with Crippen LogP contribution in [0, 0.1) is 0 Å². The lowest BCUT2D eigenvalue weighted by molar-refractivity contribution is 0.967. The van der Waals surface area contributed by atoms with E-state index < -0.39 is 0 Å². The molecule has 1 heterocycles. The predicted molar refractivity (Wildman–Crippen MR) is 70.4 cm³/mol. The number of hydrogen-bond donors (Lipinski definition) is 2. The van der Waals surface area contributed by atoms with Crippen molar-refractivity contribution in [1.29, 1.82) is 0 Å². The van der Waals surface area contributed by atoms with Gasteiger partial charge in [0, 0.05) is 29.7 Å². The molecule has 0 atom stereocenters. The Bertz CT molecular complexity index is 556. The van der Waals surface area contributed by atoms with Crippen LogP contribution in [0.3, 0.4) is 0 Å². The van der Waals surface area contributed by atoms with Gasteiger partial charge in [-0.2, -0.15) is 5.10 Å². The second-order valence-electron chi connectivity index (χ2n) is 3.45. The van der Waals surface area contributed by atoms with Crippen LogP contribution in [-0.4, -0.2) is 15.9 Å². The molecule has 3 N–H and O–H groups in total. The Balaban J connectivity index is 2.38. The minimum absolute atomic E-state index is 0.163. The van der Waals surface area contributed by atoms with Crippen molar-refractivity contribution < 1.29 is 0 Å². The molecule has 2 rings (SSSR count). The molecule has 0 amide bonds. The Morgan fingerprint density at radius 2 is 2.25 bits per heavy atom. The molecule has 16 heavy (non-hydrogen) atoms. The molecule has 0 fully saturated rings. The van der Waals surface area contributed by atoms with E-state index in [0.717, 1.165) is 10.9 Å². The summed E-state index contributed by atoms with van der Waals surface area (Å²) in [5, 5.41) is 5.26. The molecule has 0 aliphatic rings. The third kappa shape index (κ3) is 2.04. The number of nitrogens with one attached hydrogen (secondary N) is 1. The Labute approximate surface area is 98.7 Å². The van der Waals surface area contributed by atoms with Gasteiger partial charge in [0.25, 0.3) is 0 Å². The van der Waals surface area contributed by atoms with Crippen LogP contribution in [0.25, 0.3) is 10.9 Å². The molecule has 0 unspecified atom stereocenters. The number of para-hydroxylation sites is 1. The van der Waals surface area contributed by atoms with E-state index in [2.05, 4.69) is 39.4 Å². The van der Waals surface area contributed by atoms with E-state index in [1.54, 1.807) is 6.21 Å². The molecule has 0 radical (unpaired) electrons. The number of thiocarbonyl (C=S) groups is 1. The van der Waals surface area contributed by atoms with Gasteiger partial charge in [-0.1, -0.05) is 18.2 Å². The fraction of sp³-hybridized carbons (Fsp3) is 0.0909. The van der Waals surface area contributed by atoms with Crippen molar-refractivity contribution in [2.75, 3.05) is 0 Å². The SMILES string of the molecule is Cn1cc(/C=N/NC(N)=S)c2ccccc21. The van der Waals surface area contributed by atoms with Gasteiger partial charge in [0.05, 0.1) is 6.21 Å². The summed E-state index contributed by atoms with van der Waals surface area (Å²) in [6, 6.07) is 8.13. The Morgan fingerprint density at radius 1 is 1.50 bits per heavy atom. The van der Waals surface area contributed by atoms with Gasteiger partial charge < -0.3 is 10.3 Å². The van der Waals surface area contributed by atoms with Gasteiger partial charge in [-0.25, -0.2) is 0 Å². The summed E-state index contributed by atoms with van der Waals surface area (Å²) in [6.07, 6.45) is 3.72. The third-order valence-corrected chi connectivity index (χ3v) is 2.40. The van der Waals surface area contributed by atoms with E-state index in [4.69, 9.17) is 5.73 Å². The number of hydrazone groups is 1. The molecule has 0 aliphatic heterocycles. The van der Waals surface area contributed by atoms with E-state index in [0.29, 0.717) is 0 Å². The molecule has 0 saturated carbocycles. The third-order valence-electron chi connectivity index (χ3n) is 2.31. The van der Waals surface area contributed by atoms with Crippen LogP contribution in [0.2, 0.25) is 0 Å². The number of benzene rings is 1. The molecular weight excluding hydrogens is 220 g/mol. The van der Waals surface area contributed by atoms with Crippen LogP contribution >= 0.6 is 12.2 Å². The van der Waals surface area contributed by atoms with Gasteiger partial charge in [0.15, 0.2) is 5.11 Å². The number of nitrogens with zero attached hydrogens (tertiary/aromatic N) is 2. The lowest BCUT2D eigenvalue weighted by atomic mass is 10.2. The molecule has 1 aromatic carbocycles. The Kier molecular flexibility index (Phi) is 2.87. The van der Waals surface area contributed by atoms with Crippen LogP contribution < -0.4 is 11.2 Å². The van der Waals surface area contributed by atoms with Gasteiger partial charge in [0.1, 0.15) is 0 Å². The lowest BCUT2D eigenvalue weighted by Crippen LogP contribution is -2.23. The molecule has 0 saturated heterocycles. The fourth-order valence-corrected chi connectivity index (χ4v) is 1.69. The molecule has 5 heteroatoms. The summed E-state index contributed by atoms with van der Waals surface area (Å²) >= 11 is 4.66. The molecule has 0 spiro atoms. The summed E-state index contributed by atoms with van der Waals surface area (Å²) in [6.45, 7) is 0. The van der Waals surface area contributed by atoms with Gasteiger partial charge >= 0.3 is 0 Å². The first-order valence-electron chi connectivity index (χ1n) is 4.81. The maximum atomic E-state index is 5.28. The highest BCUT2D eigenvalue weighted by molar-refractivity contribution is 7.80. The number of hydrogen-bond acceptors (Lipinski definition) is 2. The standard InChI is InChI=1S/C11H12N4S/c1-15-7-8(6-13-14-11(12)16)9-4-2-3-5-10(9)15/h2-7H,1H3,(H3,12,14,16)/b13-6+. The van der Waals surface area contributed by atoms with E-state index in [1.807, 2.05) is 25.4 Å². The van der Waals surface area contributed by atoms with Gasteiger partial charge in [-0.3, -0.25) is 5.43 Å². The lowest BCUT2D eigenvalue weighted by Gasteiger charge is -1.93. The fourth-order valence-electron chi connectivity index (χ4n) is 1.64. The van der Waals surface area contributed by atoms with Crippen LogP contribution in [-0.2, 0) is 7.05 Å². The maximum Gasteiger partial charge on any atom is 0.184 e. The Hall–Kier alpha value is -1.88. The first-order chi connectivity index (χ1) is 7.68. The molecule has 2 aromatic rings. The first kappa shape index (κ1) is 10.6. The zero-order valence-electron chi connectivity index (χ0n) is 8.84. The van der Waals surface area contributed by atoms with E-state index in [1.165, 1.54) is 5.52 Å². The Morgan fingerprint density at radius 3 is 3.00 bits per heavy atom. The largest absolute Gasteiger partial charge is 0.375 e. The minimum atomic E-state index is 0.163. The normalized spacial score (nSPS) is 11.1. The van der Waals surface area contributed by atoms with Crippen LogP contribution in [0.1, 0.15) is 5.56 Å². The average Bonchev–Trinajstić information content (AvgIpc) is 2.57. The maximum absolute atomic E-state index is 5.28. The summed E-state index contributed by atoms with van der Waals surface area (Å²) in [4.78, 5) is 0. The second-order valence-corrected chi connectivity index (χ2v) is 3.89. The van der Waals surface area contributed by atoms with Crippen molar-refractivity contribution in [3.05, 3.63) is 36.0 Å². The molecular formula is C11H12N4S. The van der Waals surface area contributed by atoms with E-state index >= 15 is 0 Å². The monoisotopic (exact) mass is 232 g/mol. The van der Waals surface area contributed by atoms with Crippen molar-refractivity contribution in [1.82, 2.24) is 9.99 Å². The topological polar surface area (TPSA) is 55.3 Å². The van der Waals surface area contributed by atoms with Crippen molar-refractivity contribution in [3.63, 3.8) is 0 Å². The van der Waals surface area contributed by atoms with Crippen molar-refractivity contribution in [3.8, 4) is 0 Å². The number of rotatable bonds is 2. The van der Waals surface area contributed by atoms with Crippen LogP contribution in [0.15, 0.2) is 35.6 Å². The summed E-state index contributed by atoms with van der Waals surface area (Å²) < 4.78 is 2.05. The molecule has 0 bridgehead atoms. The molecule has 82 valence electrons. The van der Waals surface area contributed by atoms with Crippen molar-refractivity contribution >= 4 is 34.4 Å². The summed E-state index contributed by atoms with van der Waals surface area (Å²) in [7, 11) is 2.00. The second kappa shape index (κ2) is 4.32. The zero-order chi connectivity index (χ0) is 11.5. The van der Waals surface area contributed by atoms with Gasteiger partial charge in [0.2, 0.25) is 0 Å². The van der Waals surface area contributed by atoms with Crippen molar-refractivity contribution in [2.24, 2.45) is 17.9 Å². The zero-order valence-corrected chi connectivity index (χ0v) is 9.66. The van der Waals surface area contributed by atoms with Gasteiger partial charge in [-0.15, -0.1) is 0 Å². The molecule has 0 aliphatic carbocycles. The number of fused-ring (bicyclic) bond motifs is 1. The average molecular weight is 232 g/mol. The number of aromatic nitrogens is 1. The first-order valence-corrected chi connectivity index (χ1v) is 5.22. The highest BCUT2D eigenvalue weighted by Gasteiger charge is 2.02. The quantitative estimate of drug-likeness (QED) is 0.467. The predicted octanol–water partition coefficient (Wildman–Crippen LogP) is 1.35. The van der Waals surface area contributed by atoms with Crippen LogP contribution in [0.4, 0.5) is 0 Å². The molecule has 4 nitrogen and oxygen atoms in total.